The Hall–Kier alpha value is -7.57. The maximum Gasteiger partial charge on any atom is 0.227 e. The van der Waals surface area contributed by atoms with Gasteiger partial charge in [-0.1, -0.05) is 133 Å². The average molecular weight is 704 g/mol. The Morgan fingerprint density at radius 1 is 0.345 bits per heavy atom. The number of hydrogen-bond acceptors (Lipinski definition) is 6. The second-order valence-electron chi connectivity index (χ2n) is 13.7. The van der Waals surface area contributed by atoms with E-state index in [0.717, 1.165) is 77.1 Å². The number of rotatable bonds is 5. The highest BCUT2D eigenvalue weighted by Crippen LogP contribution is 2.39. The van der Waals surface area contributed by atoms with E-state index in [1.807, 2.05) is 48.5 Å². The lowest BCUT2D eigenvalue weighted by Gasteiger charge is -2.12. The number of benzene rings is 8. The van der Waals surface area contributed by atoms with Gasteiger partial charge in [0.05, 0.1) is 11.2 Å². The lowest BCUT2D eigenvalue weighted by atomic mass is 9.98. The van der Waals surface area contributed by atoms with Crippen LogP contribution >= 0.6 is 0 Å². The van der Waals surface area contributed by atoms with Gasteiger partial charge in [0.25, 0.3) is 0 Å². The van der Waals surface area contributed by atoms with Crippen LogP contribution in [0, 0.1) is 0 Å². The number of hydrogen-bond donors (Lipinski definition) is 0. The van der Waals surface area contributed by atoms with E-state index in [4.69, 9.17) is 29.3 Å². The zero-order valence-corrected chi connectivity index (χ0v) is 29.4. The molecule has 6 nitrogen and oxygen atoms in total. The third-order valence-corrected chi connectivity index (χ3v) is 10.3. The SMILES string of the molecule is c1ccc(-c2nc3c(ccc4c(-c5ccc(-c6nc(-c7ccc8ccccc8c7)nc(-c7ccc8ccccc8c7)n6)cc5)nc5ccccc5c43)o2)cc1. The topological polar surface area (TPSA) is 77.6 Å². The molecular weight excluding hydrogens is 675 g/mol. The number of fused-ring (bicyclic) bond motifs is 7. The molecule has 6 heteroatoms. The minimum atomic E-state index is 0.596. The predicted molar refractivity (Wildman–Crippen MR) is 222 cm³/mol. The van der Waals surface area contributed by atoms with Gasteiger partial charge in [-0.3, -0.25) is 0 Å². The summed E-state index contributed by atoms with van der Waals surface area (Å²) in [6, 6.07) is 60.0. The van der Waals surface area contributed by atoms with E-state index in [-0.39, 0.29) is 0 Å². The van der Waals surface area contributed by atoms with Gasteiger partial charge in [0.2, 0.25) is 5.89 Å². The molecule has 3 aromatic heterocycles. The summed E-state index contributed by atoms with van der Waals surface area (Å²) in [5, 5.41) is 7.66. The summed E-state index contributed by atoms with van der Waals surface area (Å²) in [6.45, 7) is 0. The normalized spacial score (nSPS) is 11.6. The molecule has 0 radical (unpaired) electrons. The van der Waals surface area contributed by atoms with Gasteiger partial charge >= 0.3 is 0 Å². The van der Waals surface area contributed by atoms with Crippen molar-refractivity contribution in [2.24, 2.45) is 0 Å². The van der Waals surface area contributed by atoms with Crippen molar-refractivity contribution in [3.8, 4) is 56.9 Å². The maximum atomic E-state index is 6.30. The zero-order valence-electron chi connectivity index (χ0n) is 29.4. The monoisotopic (exact) mass is 703 g/mol. The molecule has 0 aliphatic rings. The summed E-state index contributed by atoms with van der Waals surface area (Å²) in [5.74, 6) is 2.44. The number of pyridine rings is 1. The van der Waals surface area contributed by atoms with Crippen LogP contribution in [0.5, 0.6) is 0 Å². The molecule has 0 spiro atoms. The number of nitrogens with zero attached hydrogens (tertiary/aromatic N) is 5. The van der Waals surface area contributed by atoms with Crippen molar-refractivity contribution in [1.82, 2.24) is 24.9 Å². The molecule has 0 atom stereocenters. The number of oxazole rings is 1. The van der Waals surface area contributed by atoms with Gasteiger partial charge in [-0.2, -0.15) is 0 Å². The minimum Gasteiger partial charge on any atom is -0.436 e. The largest absolute Gasteiger partial charge is 0.436 e. The van der Waals surface area contributed by atoms with Crippen LogP contribution < -0.4 is 0 Å². The fourth-order valence-corrected chi connectivity index (χ4v) is 7.55. The van der Waals surface area contributed by atoms with Crippen LogP contribution in [-0.2, 0) is 0 Å². The van der Waals surface area contributed by atoms with Crippen LogP contribution in [0.3, 0.4) is 0 Å². The second-order valence-corrected chi connectivity index (χ2v) is 13.7. The van der Waals surface area contributed by atoms with Crippen molar-refractivity contribution < 1.29 is 4.42 Å². The Balaban J connectivity index is 1.05. The van der Waals surface area contributed by atoms with Gasteiger partial charge in [-0.05, 0) is 64.0 Å². The summed E-state index contributed by atoms with van der Waals surface area (Å²) < 4.78 is 6.30. The molecule has 0 unspecified atom stereocenters. The van der Waals surface area contributed by atoms with Gasteiger partial charge in [0.15, 0.2) is 23.1 Å². The zero-order chi connectivity index (χ0) is 36.3. The van der Waals surface area contributed by atoms with Crippen LogP contribution in [0.4, 0.5) is 0 Å². The van der Waals surface area contributed by atoms with Gasteiger partial charge in [0.1, 0.15) is 5.52 Å². The minimum absolute atomic E-state index is 0.596. The first-order chi connectivity index (χ1) is 27.2. The smallest absolute Gasteiger partial charge is 0.227 e. The third-order valence-electron chi connectivity index (χ3n) is 10.3. The van der Waals surface area contributed by atoms with E-state index < -0.39 is 0 Å². The van der Waals surface area contributed by atoms with Crippen LogP contribution in [-0.4, -0.2) is 24.9 Å². The number of aromatic nitrogens is 5. The molecule has 0 bridgehead atoms. The summed E-state index contributed by atoms with van der Waals surface area (Å²) in [7, 11) is 0. The Kier molecular flexibility index (Phi) is 7.07. The van der Waals surface area contributed by atoms with E-state index in [1.165, 1.54) is 10.8 Å². The van der Waals surface area contributed by atoms with E-state index in [0.29, 0.717) is 23.4 Å². The molecule has 11 rings (SSSR count). The number of para-hydroxylation sites is 1. The molecule has 11 aromatic rings. The summed E-state index contributed by atoms with van der Waals surface area (Å²) in [6.07, 6.45) is 0. The molecule has 0 amide bonds. The van der Waals surface area contributed by atoms with Crippen molar-refractivity contribution in [3.05, 3.63) is 176 Å². The second kappa shape index (κ2) is 12.5. The first-order valence-corrected chi connectivity index (χ1v) is 18.2. The molecule has 3 heterocycles. The van der Waals surface area contributed by atoms with Gasteiger partial charge < -0.3 is 4.42 Å². The highest BCUT2D eigenvalue weighted by Gasteiger charge is 2.19. The lowest BCUT2D eigenvalue weighted by Crippen LogP contribution is -2.00. The molecule has 0 N–H and O–H groups in total. The van der Waals surface area contributed by atoms with Crippen LogP contribution in [0.25, 0.3) is 111 Å². The van der Waals surface area contributed by atoms with Crippen molar-refractivity contribution in [1.29, 1.82) is 0 Å². The molecule has 0 saturated heterocycles. The van der Waals surface area contributed by atoms with Gasteiger partial charge in [0, 0.05) is 44.0 Å². The standard InChI is InChI=1S/C49H29N5O/c1-2-12-34(13-3-1)49-51-45-42(55-49)27-26-40-43(45)39-16-8-9-17-41(39)50-44(40)32-20-22-33(23-21-32)46-52-47(37-24-18-30-10-4-6-14-35(30)28-37)54-48(53-46)38-25-19-31-11-5-7-15-36(31)29-38/h1-29H. The highest BCUT2D eigenvalue weighted by molar-refractivity contribution is 6.20. The fraction of sp³-hybridized carbons (Fsp3) is 0. The van der Waals surface area contributed by atoms with E-state index in [9.17, 15) is 0 Å². The maximum absolute atomic E-state index is 6.30. The van der Waals surface area contributed by atoms with Crippen molar-refractivity contribution in [2.45, 2.75) is 0 Å². The Morgan fingerprint density at radius 3 is 1.56 bits per heavy atom. The van der Waals surface area contributed by atoms with Gasteiger partial charge in [-0.15, -0.1) is 0 Å². The molecule has 0 fully saturated rings. The van der Waals surface area contributed by atoms with Crippen molar-refractivity contribution in [3.63, 3.8) is 0 Å². The van der Waals surface area contributed by atoms with E-state index >= 15 is 0 Å². The molecule has 0 aliphatic carbocycles. The molecular formula is C49H29N5O. The summed E-state index contributed by atoms with van der Waals surface area (Å²) >= 11 is 0. The molecule has 256 valence electrons. The van der Waals surface area contributed by atoms with E-state index in [2.05, 4.69) is 127 Å². The van der Waals surface area contributed by atoms with Crippen LogP contribution in [0.2, 0.25) is 0 Å². The average Bonchev–Trinajstić information content (AvgIpc) is 3.71. The highest BCUT2D eigenvalue weighted by atomic mass is 16.3. The Labute approximate surface area is 315 Å². The van der Waals surface area contributed by atoms with Crippen molar-refractivity contribution >= 4 is 54.3 Å². The summed E-state index contributed by atoms with van der Waals surface area (Å²) in [5.41, 5.74) is 7.98. The molecule has 0 aliphatic heterocycles. The molecule has 8 aromatic carbocycles. The Bertz CT molecular complexity index is 3170. The van der Waals surface area contributed by atoms with E-state index in [1.54, 1.807) is 0 Å². The van der Waals surface area contributed by atoms with Gasteiger partial charge in [-0.25, -0.2) is 24.9 Å². The molecule has 0 saturated carbocycles. The third kappa shape index (κ3) is 5.39. The Morgan fingerprint density at radius 2 is 0.891 bits per heavy atom. The first kappa shape index (κ1) is 31.0. The quantitative estimate of drug-likeness (QED) is 0.166. The van der Waals surface area contributed by atoms with Crippen LogP contribution in [0.1, 0.15) is 0 Å². The lowest BCUT2D eigenvalue weighted by molar-refractivity contribution is 0.620. The van der Waals surface area contributed by atoms with Crippen LogP contribution in [0.15, 0.2) is 180 Å². The first-order valence-electron chi connectivity index (χ1n) is 18.2. The van der Waals surface area contributed by atoms with Crippen molar-refractivity contribution in [2.75, 3.05) is 0 Å². The molecule has 55 heavy (non-hydrogen) atoms. The summed E-state index contributed by atoms with van der Waals surface area (Å²) in [4.78, 5) is 25.4. The fourth-order valence-electron chi connectivity index (χ4n) is 7.55. The predicted octanol–water partition coefficient (Wildman–Crippen LogP) is 12.4.